The van der Waals surface area contributed by atoms with E-state index in [2.05, 4.69) is 9.88 Å². The minimum atomic E-state index is -0.378. The second-order valence-electron chi connectivity index (χ2n) is 6.88. The maximum absolute atomic E-state index is 13.0. The van der Waals surface area contributed by atoms with Crippen LogP contribution in [0.1, 0.15) is 16.1 Å². The number of non-ortho nitro benzene ring substituents is 1. The summed E-state index contributed by atoms with van der Waals surface area (Å²) in [5.74, 6) is -0.0493. The van der Waals surface area contributed by atoms with Gasteiger partial charge in [-0.15, -0.1) is 0 Å². The zero-order valence-electron chi connectivity index (χ0n) is 15.3. The third kappa shape index (κ3) is 3.70. The summed E-state index contributed by atoms with van der Waals surface area (Å²) in [5.41, 5.74) is 1.50. The highest BCUT2D eigenvalue weighted by molar-refractivity contribution is 6.05. The lowest BCUT2D eigenvalue weighted by Crippen LogP contribution is -2.48. The van der Waals surface area contributed by atoms with E-state index in [1.165, 1.54) is 6.07 Å². The summed E-state index contributed by atoms with van der Waals surface area (Å²) in [6, 6.07) is 16.4. The molecule has 3 aromatic rings. The van der Waals surface area contributed by atoms with Gasteiger partial charge in [-0.25, -0.2) is 0 Å². The Kier molecular flexibility index (Phi) is 4.99. The summed E-state index contributed by atoms with van der Waals surface area (Å²) in [5, 5.41) is 12.8. The summed E-state index contributed by atoms with van der Waals surface area (Å²) >= 11 is 0. The zero-order valence-corrected chi connectivity index (χ0v) is 15.3. The van der Waals surface area contributed by atoms with Crippen LogP contribution in [0.3, 0.4) is 0 Å². The van der Waals surface area contributed by atoms with Gasteiger partial charge in [0.1, 0.15) is 5.69 Å². The Labute approximate surface area is 162 Å². The first kappa shape index (κ1) is 18.1. The lowest BCUT2D eigenvalue weighted by molar-refractivity contribution is -0.384. The molecule has 2 aromatic carbocycles. The molecule has 7 heteroatoms. The Bertz CT molecular complexity index is 1020. The molecule has 0 radical (unpaired) electrons. The number of aromatic nitrogens is 1. The molecular formula is C21H20N4O3. The van der Waals surface area contributed by atoms with E-state index < -0.39 is 0 Å². The van der Waals surface area contributed by atoms with Gasteiger partial charge >= 0.3 is 0 Å². The van der Waals surface area contributed by atoms with Gasteiger partial charge in [-0.05, 0) is 17.0 Å². The Balaban J connectivity index is 1.42. The molecule has 0 atom stereocenters. The molecule has 7 nitrogen and oxygen atoms in total. The Morgan fingerprint density at radius 1 is 1.04 bits per heavy atom. The van der Waals surface area contributed by atoms with Gasteiger partial charge in [-0.1, -0.05) is 36.4 Å². The number of pyridine rings is 1. The molecule has 142 valence electrons. The van der Waals surface area contributed by atoms with Gasteiger partial charge in [0, 0.05) is 56.4 Å². The second-order valence-corrected chi connectivity index (χ2v) is 6.88. The molecule has 4 rings (SSSR count). The van der Waals surface area contributed by atoms with Crippen LogP contribution in [0, 0.1) is 10.1 Å². The van der Waals surface area contributed by atoms with Crippen molar-refractivity contribution in [3.63, 3.8) is 0 Å². The van der Waals surface area contributed by atoms with Crippen molar-refractivity contribution in [2.45, 2.75) is 6.54 Å². The van der Waals surface area contributed by atoms with Crippen molar-refractivity contribution in [2.24, 2.45) is 0 Å². The lowest BCUT2D eigenvalue weighted by atomic mass is 10.1. The average molecular weight is 376 g/mol. The maximum atomic E-state index is 13.0. The van der Waals surface area contributed by atoms with Gasteiger partial charge in [0.15, 0.2) is 0 Å². The number of benzene rings is 2. The smallest absolute Gasteiger partial charge is 0.273 e. The van der Waals surface area contributed by atoms with Crippen LogP contribution in [0.25, 0.3) is 10.8 Å². The summed E-state index contributed by atoms with van der Waals surface area (Å²) in [6.45, 7) is 3.30. The highest BCUT2D eigenvalue weighted by Crippen LogP contribution is 2.20. The number of nitro groups is 1. The summed E-state index contributed by atoms with van der Waals surface area (Å²) in [7, 11) is 0. The van der Waals surface area contributed by atoms with Crippen LogP contribution in [0.2, 0.25) is 0 Å². The van der Waals surface area contributed by atoms with E-state index in [0.29, 0.717) is 25.3 Å². The number of amides is 1. The maximum Gasteiger partial charge on any atom is 0.273 e. The number of carbonyl (C=O) groups excluding carboxylic acids is 1. The van der Waals surface area contributed by atoms with Crippen molar-refractivity contribution in [1.82, 2.24) is 14.8 Å². The Morgan fingerprint density at radius 2 is 1.82 bits per heavy atom. The summed E-state index contributed by atoms with van der Waals surface area (Å²) in [6.07, 6.45) is 1.67. The van der Waals surface area contributed by atoms with E-state index >= 15 is 0 Å². The highest BCUT2D eigenvalue weighted by Gasteiger charge is 2.24. The van der Waals surface area contributed by atoms with Crippen LogP contribution in [0.15, 0.2) is 60.8 Å². The van der Waals surface area contributed by atoms with Crippen LogP contribution in [-0.4, -0.2) is 51.8 Å². The Morgan fingerprint density at radius 3 is 2.61 bits per heavy atom. The summed E-state index contributed by atoms with van der Waals surface area (Å²) < 4.78 is 0. The van der Waals surface area contributed by atoms with Crippen LogP contribution >= 0.6 is 0 Å². The van der Waals surface area contributed by atoms with Gasteiger partial charge in [0.05, 0.1) is 4.92 Å². The molecule has 0 saturated carbocycles. The molecule has 1 saturated heterocycles. The molecule has 28 heavy (non-hydrogen) atoms. The molecule has 1 aromatic heterocycles. The van der Waals surface area contributed by atoms with Crippen molar-refractivity contribution in [1.29, 1.82) is 0 Å². The SMILES string of the molecule is O=C(c1nccc2ccccc12)N1CCN(Cc2cccc([N+](=O)[O-])c2)CC1. The van der Waals surface area contributed by atoms with Gasteiger partial charge in [-0.3, -0.25) is 24.8 Å². The first-order chi connectivity index (χ1) is 13.6. The van der Waals surface area contributed by atoms with Gasteiger partial charge in [0.2, 0.25) is 0 Å². The predicted molar refractivity (Wildman–Crippen MR) is 106 cm³/mol. The molecule has 0 bridgehead atoms. The van der Waals surface area contributed by atoms with Gasteiger partial charge < -0.3 is 4.90 Å². The number of nitrogens with zero attached hydrogens (tertiary/aromatic N) is 4. The first-order valence-electron chi connectivity index (χ1n) is 9.20. The molecule has 1 aliphatic heterocycles. The van der Waals surface area contributed by atoms with Crippen LogP contribution in [0.4, 0.5) is 5.69 Å². The molecule has 0 N–H and O–H groups in total. The van der Waals surface area contributed by atoms with E-state index in [1.807, 2.05) is 41.3 Å². The van der Waals surface area contributed by atoms with Gasteiger partial charge in [-0.2, -0.15) is 0 Å². The molecule has 0 aliphatic carbocycles. The van der Waals surface area contributed by atoms with E-state index in [1.54, 1.807) is 18.3 Å². The van der Waals surface area contributed by atoms with E-state index in [9.17, 15) is 14.9 Å². The van der Waals surface area contributed by atoms with Crippen molar-refractivity contribution in [2.75, 3.05) is 26.2 Å². The molecule has 1 fully saturated rings. The third-order valence-electron chi connectivity index (χ3n) is 5.06. The van der Waals surface area contributed by atoms with Crippen LogP contribution in [-0.2, 0) is 6.54 Å². The molecule has 1 aliphatic rings. The minimum Gasteiger partial charge on any atom is -0.335 e. The quantitative estimate of drug-likeness (QED) is 0.516. The van der Waals surface area contributed by atoms with Crippen molar-refractivity contribution >= 4 is 22.4 Å². The normalized spacial score (nSPS) is 14.9. The van der Waals surface area contributed by atoms with Crippen LogP contribution in [0.5, 0.6) is 0 Å². The van der Waals surface area contributed by atoms with Crippen LogP contribution < -0.4 is 0 Å². The van der Waals surface area contributed by atoms with Crippen molar-refractivity contribution in [3.05, 3.63) is 82.2 Å². The number of piperazine rings is 1. The number of fused-ring (bicyclic) bond motifs is 1. The lowest BCUT2D eigenvalue weighted by Gasteiger charge is -2.34. The zero-order chi connectivity index (χ0) is 19.5. The number of carbonyl (C=O) groups is 1. The van der Waals surface area contributed by atoms with Crippen molar-refractivity contribution in [3.8, 4) is 0 Å². The highest BCUT2D eigenvalue weighted by atomic mass is 16.6. The van der Waals surface area contributed by atoms with E-state index in [4.69, 9.17) is 0 Å². The number of hydrogen-bond donors (Lipinski definition) is 0. The summed E-state index contributed by atoms with van der Waals surface area (Å²) in [4.78, 5) is 31.9. The number of nitro benzene ring substituents is 1. The average Bonchev–Trinajstić information content (AvgIpc) is 2.73. The fourth-order valence-electron chi connectivity index (χ4n) is 3.58. The minimum absolute atomic E-state index is 0.0493. The van der Waals surface area contributed by atoms with E-state index in [-0.39, 0.29) is 16.5 Å². The first-order valence-corrected chi connectivity index (χ1v) is 9.20. The van der Waals surface area contributed by atoms with E-state index in [0.717, 1.165) is 29.4 Å². The molecular weight excluding hydrogens is 356 g/mol. The topological polar surface area (TPSA) is 79.6 Å². The molecule has 1 amide bonds. The predicted octanol–water partition coefficient (Wildman–Crippen LogP) is 3.10. The molecule has 0 spiro atoms. The third-order valence-corrected chi connectivity index (χ3v) is 5.06. The number of hydrogen-bond acceptors (Lipinski definition) is 5. The monoisotopic (exact) mass is 376 g/mol. The van der Waals surface area contributed by atoms with Crippen molar-refractivity contribution < 1.29 is 9.72 Å². The molecule has 2 heterocycles. The Hall–Kier alpha value is -3.32. The fraction of sp³-hybridized carbons (Fsp3) is 0.238. The second kappa shape index (κ2) is 7.74. The number of rotatable bonds is 4. The fourth-order valence-corrected chi connectivity index (χ4v) is 3.58. The standard InChI is InChI=1S/C21H20N4O3/c26-21(20-19-7-2-1-5-17(19)8-9-22-20)24-12-10-23(11-13-24)15-16-4-3-6-18(14-16)25(27)28/h1-9,14H,10-13,15H2. The molecule has 0 unspecified atom stereocenters. The largest absolute Gasteiger partial charge is 0.335 e. The van der Waals surface area contributed by atoms with Gasteiger partial charge in [0.25, 0.3) is 11.6 Å².